The Kier molecular flexibility index (Phi) is 2.68. The summed E-state index contributed by atoms with van der Waals surface area (Å²) < 4.78 is 2.04. The number of rotatable bonds is 2. The van der Waals surface area contributed by atoms with Crippen molar-refractivity contribution in [1.82, 2.24) is 4.57 Å². The first-order chi connectivity index (χ1) is 7.27. The van der Waals surface area contributed by atoms with Crippen molar-refractivity contribution in [2.75, 3.05) is 0 Å². The molecule has 0 atom stereocenters. The monoisotopic (exact) mass is 198 g/mol. The third-order valence-corrected chi connectivity index (χ3v) is 2.44. The van der Waals surface area contributed by atoms with Crippen LogP contribution in [0, 0.1) is 6.92 Å². The second-order valence-corrected chi connectivity index (χ2v) is 3.59. The molecule has 1 aromatic heterocycles. The average Bonchev–Trinajstić information content (AvgIpc) is 2.63. The Balaban J connectivity index is 2.26. The standard InChI is InChI=1S/C13H14N2/c1-11-6-3-4-8-13(11)14-10-12-7-5-9-15(12)2/h3-10H,1-2H3. The summed E-state index contributed by atoms with van der Waals surface area (Å²) in [6.45, 7) is 2.07. The molecule has 0 aliphatic heterocycles. The summed E-state index contributed by atoms with van der Waals surface area (Å²) in [6.07, 6.45) is 3.90. The van der Waals surface area contributed by atoms with Crippen LogP contribution in [0.2, 0.25) is 0 Å². The maximum atomic E-state index is 4.46. The Hall–Kier alpha value is -1.83. The lowest BCUT2D eigenvalue weighted by atomic mass is 10.2. The van der Waals surface area contributed by atoms with E-state index in [-0.39, 0.29) is 0 Å². The van der Waals surface area contributed by atoms with E-state index in [0.717, 1.165) is 11.4 Å². The molecule has 0 spiro atoms. The number of nitrogens with zero attached hydrogens (tertiary/aromatic N) is 2. The van der Waals surface area contributed by atoms with Crippen LogP contribution in [0.1, 0.15) is 11.3 Å². The second-order valence-electron chi connectivity index (χ2n) is 3.59. The fraction of sp³-hybridized carbons (Fsp3) is 0.154. The smallest absolute Gasteiger partial charge is 0.0659 e. The Morgan fingerprint density at radius 3 is 2.60 bits per heavy atom. The highest BCUT2D eigenvalue weighted by Gasteiger charge is 1.94. The van der Waals surface area contributed by atoms with Gasteiger partial charge in [0.1, 0.15) is 0 Å². The fourth-order valence-electron chi connectivity index (χ4n) is 1.45. The first-order valence-electron chi connectivity index (χ1n) is 4.98. The van der Waals surface area contributed by atoms with Gasteiger partial charge < -0.3 is 4.57 Å². The summed E-state index contributed by atoms with van der Waals surface area (Å²) in [7, 11) is 2.01. The van der Waals surface area contributed by atoms with E-state index in [9.17, 15) is 0 Å². The van der Waals surface area contributed by atoms with Gasteiger partial charge in [-0.25, -0.2) is 0 Å². The predicted octanol–water partition coefficient (Wildman–Crippen LogP) is 3.08. The number of aliphatic imine (C=N–C) groups is 1. The quantitative estimate of drug-likeness (QED) is 0.660. The number of aromatic nitrogens is 1. The lowest BCUT2D eigenvalue weighted by Gasteiger charge is -1.99. The van der Waals surface area contributed by atoms with Crippen LogP contribution in [-0.4, -0.2) is 10.8 Å². The molecule has 0 fully saturated rings. The van der Waals surface area contributed by atoms with E-state index in [2.05, 4.69) is 18.0 Å². The maximum Gasteiger partial charge on any atom is 0.0659 e. The first-order valence-corrected chi connectivity index (χ1v) is 4.98. The Labute approximate surface area is 89.9 Å². The Morgan fingerprint density at radius 2 is 1.93 bits per heavy atom. The molecule has 2 nitrogen and oxygen atoms in total. The van der Waals surface area contributed by atoms with Crippen molar-refractivity contribution in [3.8, 4) is 0 Å². The first kappa shape index (κ1) is 9.71. The minimum Gasteiger partial charge on any atom is -0.350 e. The van der Waals surface area contributed by atoms with E-state index in [1.54, 1.807) is 0 Å². The van der Waals surface area contributed by atoms with Gasteiger partial charge in [0.15, 0.2) is 0 Å². The molecule has 0 amide bonds. The molecule has 0 aliphatic carbocycles. The van der Waals surface area contributed by atoms with Gasteiger partial charge in [0.05, 0.1) is 17.6 Å². The van der Waals surface area contributed by atoms with E-state index >= 15 is 0 Å². The lowest BCUT2D eigenvalue weighted by Crippen LogP contribution is -1.92. The SMILES string of the molecule is Cc1ccccc1N=Cc1cccn1C. The number of para-hydroxylation sites is 1. The summed E-state index contributed by atoms with van der Waals surface area (Å²) in [5, 5.41) is 0. The number of hydrogen-bond acceptors (Lipinski definition) is 1. The van der Waals surface area contributed by atoms with Gasteiger partial charge in [0, 0.05) is 13.2 Å². The predicted molar refractivity (Wildman–Crippen MR) is 63.8 cm³/mol. The minimum absolute atomic E-state index is 1.03. The lowest BCUT2D eigenvalue weighted by molar-refractivity contribution is 0.918. The molecule has 2 heteroatoms. The Morgan fingerprint density at radius 1 is 1.13 bits per heavy atom. The molecule has 76 valence electrons. The zero-order valence-corrected chi connectivity index (χ0v) is 9.01. The molecule has 0 N–H and O–H groups in total. The van der Waals surface area contributed by atoms with Crippen LogP contribution in [0.3, 0.4) is 0 Å². The largest absolute Gasteiger partial charge is 0.350 e. The molecule has 0 aliphatic rings. The molecule has 1 aromatic carbocycles. The van der Waals surface area contributed by atoms with Gasteiger partial charge >= 0.3 is 0 Å². The summed E-state index contributed by atoms with van der Waals surface area (Å²) in [5.74, 6) is 0. The molecule has 0 radical (unpaired) electrons. The average molecular weight is 198 g/mol. The molecular weight excluding hydrogens is 184 g/mol. The molecule has 15 heavy (non-hydrogen) atoms. The summed E-state index contributed by atoms with van der Waals surface area (Å²) >= 11 is 0. The van der Waals surface area contributed by atoms with Crippen molar-refractivity contribution < 1.29 is 0 Å². The molecule has 0 unspecified atom stereocenters. The van der Waals surface area contributed by atoms with Crippen LogP contribution in [0.25, 0.3) is 0 Å². The maximum absolute atomic E-state index is 4.46. The van der Waals surface area contributed by atoms with Crippen LogP contribution in [0.5, 0.6) is 0 Å². The van der Waals surface area contributed by atoms with Gasteiger partial charge in [0.2, 0.25) is 0 Å². The Bertz CT molecular complexity index is 481. The van der Waals surface area contributed by atoms with E-state index in [1.807, 2.05) is 54.4 Å². The molecule has 1 heterocycles. The molecule has 0 saturated carbocycles. The second kappa shape index (κ2) is 4.13. The van der Waals surface area contributed by atoms with Crippen molar-refractivity contribution in [2.24, 2.45) is 12.0 Å². The summed E-state index contributed by atoms with van der Waals surface area (Å²) in [4.78, 5) is 4.46. The highest BCUT2D eigenvalue weighted by atomic mass is 14.9. The molecule has 2 rings (SSSR count). The highest BCUT2D eigenvalue weighted by molar-refractivity contribution is 5.80. The van der Waals surface area contributed by atoms with E-state index < -0.39 is 0 Å². The highest BCUT2D eigenvalue weighted by Crippen LogP contribution is 2.16. The molecule has 0 saturated heterocycles. The van der Waals surface area contributed by atoms with Gasteiger partial charge in [-0.2, -0.15) is 0 Å². The van der Waals surface area contributed by atoms with Gasteiger partial charge in [0.25, 0.3) is 0 Å². The summed E-state index contributed by atoms with van der Waals surface area (Å²) in [6, 6.07) is 12.2. The molecular formula is C13H14N2. The number of hydrogen-bond donors (Lipinski definition) is 0. The van der Waals surface area contributed by atoms with Crippen LogP contribution in [0.4, 0.5) is 5.69 Å². The number of aryl methyl sites for hydroxylation is 2. The van der Waals surface area contributed by atoms with Gasteiger partial charge in [-0.3, -0.25) is 4.99 Å². The van der Waals surface area contributed by atoms with Crippen LogP contribution >= 0.6 is 0 Å². The number of benzene rings is 1. The van der Waals surface area contributed by atoms with Crippen molar-refractivity contribution in [3.05, 3.63) is 53.9 Å². The van der Waals surface area contributed by atoms with Crippen molar-refractivity contribution in [1.29, 1.82) is 0 Å². The topological polar surface area (TPSA) is 17.3 Å². The zero-order valence-electron chi connectivity index (χ0n) is 9.01. The normalized spacial score (nSPS) is 11.1. The van der Waals surface area contributed by atoms with Crippen molar-refractivity contribution in [3.63, 3.8) is 0 Å². The van der Waals surface area contributed by atoms with Crippen molar-refractivity contribution in [2.45, 2.75) is 6.92 Å². The van der Waals surface area contributed by atoms with E-state index in [4.69, 9.17) is 0 Å². The van der Waals surface area contributed by atoms with Gasteiger partial charge in [-0.1, -0.05) is 18.2 Å². The van der Waals surface area contributed by atoms with Crippen molar-refractivity contribution >= 4 is 11.9 Å². The zero-order chi connectivity index (χ0) is 10.7. The van der Waals surface area contributed by atoms with Crippen LogP contribution in [-0.2, 0) is 7.05 Å². The third-order valence-electron chi connectivity index (χ3n) is 2.44. The third kappa shape index (κ3) is 2.15. The van der Waals surface area contributed by atoms with Crippen LogP contribution < -0.4 is 0 Å². The van der Waals surface area contributed by atoms with E-state index in [1.165, 1.54) is 5.56 Å². The fourth-order valence-corrected chi connectivity index (χ4v) is 1.45. The van der Waals surface area contributed by atoms with Gasteiger partial charge in [-0.15, -0.1) is 0 Å². The molecule has 2 aromatic rings. The van der Waals surface area contributed by atoms with Gasteiger partial charge in [-0.05, 0) is 30.7 Å². The van der Waals surface area contributed by atoms with E-state index in [0.29, 0.717) is 0 Å². The summed E-state index contributed by atoms with van der Waals surface area (Å²) in [5.41, 5.74) is 3.33. The molecule has 0 bridgehead atoms. The minimum atomic E-state index is 1.03. The van der Waals surface area contributed by atoms with Crippen LogP contribution in [0.15, 0.2) is 47.6 Å².